The highest BCUT2D eigenvalue weighted by Gasteiger charge is 2.30. The van der Waals surface area contributed by atoms with E-state index < -0.39 is 5.53 Å². The van der Waals surface area contributed by atoms with E-state index in [-0.39, 0.29) is 4.75 Å². The lowest BCUT2D eigenvalue weighted by Gasteiger charge is -2.32. The van der Waals surface area contributed by atoms with E-state index in [0.29, 0.717) is 5.92 Å². The molecule has 1 aliphatic carbocycles. The van der Waals surface area contributed by atoms with Gasteiger partial charge in [-0.2, -0.15) is 0 Å². The third kappa shape index (κ3) is 2.73. The number of rotatable bonds is 2. The summed E-state index contributed by atoms with van der Waals surface area (Å²) in [5.74, 6) is 0.566. The lowest BCUT2D eigenvalue weighted by molar-refractivity contribution is 0.603. The van der Waals surface area contributed by atoms with Crippen molar-refractivity contribution in [3.63, 3.8) is 0 Å². The first-order chi connectivity index (χ1) is 5.54. The molecule has 12 heavy (non-hydrogen) atoms. The molecule has 0 fully saturated rings. The molecule has 0 spiro atoms. The number of hydrogen-bond acceptors (Lipinski definition) is 3. The van der Waals surface area contributed by atoms with E-state index in [9.17, 15) is 0 Å². The Balaban J connectivity index is 2.69. The molecule has 0 amide bonds. The first kappa shape index (κ1) is 11.0. The molecule has 0 aromatic carbocycles. The van der Waals surface area contributed by atoms with E-state index in [0.717, 1.165) is 0 Å². The van der Waals surface area contributed by atoms with Crippen molar-refractivity contribution in [3.05, 3.63) is 24.3 Å². The van der Waals surface area contributed by atoms with Gasteiger partial charge in [0.1, 0.15) is 0 Å². The Hall–Kier alpha value is 0.960. The van der Waals surface area contributed by atoms with Crippen molar-refractivity contribution in [2.75, 3.05) is 0 Å². The number of hydrogen-bond donors (Lipinski definition) is 2. The van der Waals surface area contributed by atoms with Crippen molar-refractivity contribution in [1.29, 1.82) is 0 Å². The van der Waals surface area contributed by atoms with Gasteiger partial charge >= 0.3 is 0 Å². The zero-order valence-corrected chi connectivity index (χ0v) is 10.6. The van der Waals surface area contributed by atoms with Gasteiger partial charge in [-0.15, -0.1) is 35.9 Å². The Kier molecular flexibility index (Phi) is 4.10. The van der Waals surface area contributed by atoms with Crippen molar-refractivity contribution < 1.29 is 0 Å². The summed E-state index contributed by atoms with van der Waals surface area (Å²) in [6, 6.07) is 0. The van der Waals surface area contributed by atoms with Gasteiger partial charge < -0.3 is 0 Å². The number of allylic oxidation sites excluding steroid dienone is 3. The highest BCUT2D eigenvalue weighted by atomic mass is 33.3. The van der Waals surface area contributed by atoms with Gasteiger partial charge in [0.25, 0.3) is 0 Å². The molecule has 2 atom stereocenters. The molecule has 0 bridgehead atoms. The molecule has 68 valence electrons. The van der Waals surface area contributed by atoms with Crippen LogP contribution in [0.4, 0.5) is 0 Å². The molecule has 0 saturated heterocycles. The highest BCUT2D eigenvalue weighted by molar-refractivity contribution is 9.06. The van der Waals surface area contributed by atoms with E-state index in [1.54, 1.807) is 0 Å². The van der Waals surface area contributed by atoms with Crippen molar-refractivity contribution in [1.82, 2.24) is 0 Å². The summed E-state index contributed by atoms with van der Waals surface area (Å²) < 4.78 is 0.184. The monoisotopic (exact) mass is 236 g/mol. The Morgan fingerprint density at radius 3 is 2.58 bits per heavy atom. The predicted octanol–water partition coefficient (Wildman–Crippen LogP) is 4.33. The molecule has 2 unspecified atom stereocenters. The van der Waals surface area contributed by atoms with E-state index in [2.05, 4.69) is 62.6 Å². The smallest absolute Gasteiger partial charge is 0.0674 e. The minimum absolute atomic E-state index is 0.184. The van der Waals surface area contributed by atoms with Crippen LogP contribution >= 0.6 is 41.4 Å². The molecule has 1 aliphatic rings. The zero-order chi connectivity index (χ0) is 9.19. The van der Waals surface area contributed by atoms with Crippen molar-refractivity contribution >= 4 is 41.4 Å². The predicted molar refractivity (Wildman–Crippen MR) is 68.3 cm³/mol. The standard InChI is InChI=1S/C8H13PS3/c1-7-5-3-4-6-8(7,2)12-9(10)11/h3-7,10-11H,1-2H3. The molecular weight excluding hydrogens is 223 g/mol. The summed E-state index contributed by atoms with van der Waals surface area (Å²) in [5.41, 5.74) is -0.478. The molecule has 0 N–H and O–H groups in total. The summed E-state index contributed by atoms with van der Waals surface area (Å²) in [5, 5.41) is 0. The second-order valence-electron chi connectivity index (χ2n) is 3.06. The molecule has 0 nitrogen and oxygen atoms in total. The lowest BCUT2D eigenvalue weighted by Crippen LogP contribution is -2.25. The van der Waals surface area contributed by atoms with E-state index in [4.69, 9.17) is 0 Å². The van der Waals surface area contributed by atoms with Crippen LogP contribution in [0, 0.1) is 5.92 Å². The maximum absolute atomic E-state index is 4.34. The molecule has 0 aliphatic heterocycles. The third-order valence-electron chi connectivity index (χ3n) is 2.12. The van der Waals surface area contributed by atoms with Gasteiger partial charge in [0, 0.05) is 4.75 Å². The van der Waals surface area contributed by atoms with Crippen LogP contribution in [-0.4, -0.2) is 4.75 Å². The van der Waals surface area contributed by atoms with Crippen LogP contribution in [0.3, 0.4) is 0 Å². The first-order valence-electron chi connectivity index (χ1n) is 3.77. The average Bonchev–Trinajstić information content (AvgIpc) is 1.94. The van der Waals surface area contributed by atoms with Gasteiger partial charge in [-0.25, -0.2) is 0 Å². The lowest BCUT2D eigenvalue weighted by atomic mass is 9.91. The summed E-state index contributed by atoms with van der Waals surface area (Å²) in [6.45, 7) is 4.47. The van der Waals surface area contributed by atoms with Crippen LogP contribution < -0.4 is 0 Å². The van der Waals surface area contributed by atoms with Gasteiger partial charge in [0.2, 0.25) is 0 Å². The normalized spacial score (nSPS) is 34.6. The van der Waals surface area contributed by atoms with Gasteiger partial charge in [-0.3, -0.25) is 0 Å². The van der Waals surface area contributed by atoms with Crippen LogP contribution in [0.2, 0.25) is 0 Å². The maximum atomic E-state index is 4.34. The molecule has 0 saturated carbocycles. The van der Waals surface area contributed by atoms with Crippen LogP contribution in [0.5, 0.6) is 0 Å². The first-order valence-corrected chi connectivity index (χ1v) is 8.84. The van der Waals surface area contributed by atoms with Gasteiger partial charge in [0.05, 0.1) is 5.53 Å². The summed E-state index contributed by atoms with van der Waals surface area (Å²) >= 11 is 10.5. The Bertz CT molecular complexity index is 212. The average molecular weight is 236 g/mol. The molecule has 0 aromatic heterocycles. The molecule has 0 aromatic rings. The second-order valence-corrected chi connectivity index (χ2v) is 11.2. The van der Waals surface area contributed by atoms with Crippen LogP contribution in [0.15, 0.2) is 24.3 Å². The van der Waals surface area contributed by atoms with Crippen LogP contribution in [0.1, 0.15) is 13.8 Å². The minimum atomic E-state index is -0.478. The van der Waals surface area contributed by atoms with E-state index >= 15 is 0 Å². The fourth-order valence-electron chi connectivity index (χ4n) is 1.11. The highest BCUT2D eigenvalue weighted by Crippen LogP contribution is 2.65. The quantitative estimate of drug-likeness (QED) is 0.531. The van der Waals surface area contributed by atoms with Crippen LogP contribution in [0.25, 0.3) is 0 Å². The Labute approximate surface area is 90.1 Å². The third-order valence-corrected chi connectivity index (χ3v) is 6.32. The van der Waals surface area contributed by atoms with Crippen molar-refractivity contribution in [2.24, 2.45) is 5.92 Å². The molecule has 1 rings (SSSR count). The zero-order valence-electron chi connectivity index (χ0n) is 7.14. The topological polar surface area (TPSA) is 0 Å². The maximum Gasteiger partial charge on any atom is 0.0674 e. The Morgan fingerprint density at radius 1 is 1.42 bits per heavy atom. The van der Waals surface area contributed by atoms with E-state index in [1.165, 1.54) is 0 Å². The van der Waals surface area contributed by atoms with Crippen LogP contribution in [-0.2, 0) is 0 Å². The SMILES string of the molecule is CC1C=CC=CC1(C)SP(S)S. The minimum Gasteiger partial charge on any atom is -0.130 e. The van der Waals surface area contributed by atoms with Gasteiger partial charge in [-0.05, 0) is 12.8 Å². The molecule has 0 radical (unpaired) electrons. The van der Waals surface area contributed by atoms with Crippen molar-refractivity contribution in [3.8, 4) is 0 Å². The number of thiol groups is 2. The van der Waals surface area contributed by atoms with Gasteiger partial charge in [-0.1, -0.05) is 31.2 Å². The Morgan fingerprint density at radius 2 is 2.08 bits per heavy atom. The van der Waals surface area contributed by atoms with Crippen molar-refractivity contribution in [2.45, 2.75) is 18.6 Å². The fraction of sp³-hybridized carbons (Fsp3) is 0.500. The largest absolute Gasteiger partial charge is 0.130 e. The fourth-order valence-corrected chi connectivity index (χ4v) is 6.75. The van der Waals surface area contributed by atoms with E-state index in [1.807, 2.05) is 11.4 Å². The summed E-state index contributed by atoms with van der Waals surface area (Å²) in [6.07, 6.45) is 8.68. The summed E-state index contributed by atoms with van der Waals surface area (Å²) in [4.78, 5) is 0. The molecule has 0 heterocycles. The molecule has 4 heteroatoms. The van der Waals surface area contributed by atoms with Gasteiger partial charge in [0.15, 0.2) is 0 Å². The second kappa shape index (κ2) is 4.45. The summed E-state index contributed by atoms with van der Waals surface area (Å²) in [7, 11) is 0. The molecular formula is C8H13PS3.